The average Bonchev–Trinajstić information content (AvgIpc) is 3.47. The minimum atomic E-state index is -0.776. The molecule has 6 nitrogen and oxygen atoms in total. The lowest BCUT2D eigenvalue weighted by molar-refractivity contribution is -0.167. The number of carbonyl (C=O) groups is 3. The minimum Gasteiger partial charge on any atom is -0.462 e. The first kappa shape index (κ1) is 79.6. The van der Waals surface area contributed by atoms with E-state index in [1.54, 1.807) is 0 Å². The van der Waals surface area contributed by atoms with Crippen molar-refractivity contribution in [2.24, 2.45) is 0 Å². The van der Waals surface area contributed by atoms with Gasteiger partial charge in [-0.05, 0) is 57.8 Å². The number of allylic oxidation sites excluding steroid dienone is 6. The van der Waals surface area contributed by atoms with Crippen molar-refractivity contribution in [3.05, 3.63) is 36.5 Å². The van der Waals surface area contributed by atoms with Gasteiger partial charge in [-0.25, -0.2) is 0 Å². The third-order valence-corrected chi connectivity index (χ3v) is 16.9. The van der Waals surface area contributed by atoms with E-state index >= 15 is 0 Å². The summed E-state index contributed by atoms with van der Waals surface area (Å²) in [7, 11) is 0. The summed E-state index contributed by atoms with van der Waals surface area (Å²) >= 11 is 0. The zero-order valence-corrected chi connectivity index (χ0v) is 55.5. The summed E-state index contributed by atoms with van der Waals surface area (Å²) in [6.07, 6.45) is 89.2. The number of ether oxygens (including phenoxy) is 3. The van der Waals surface area contributed by atoms with Gasteiger partial charge in [0.25, 0.3) is 0 Å². The van der Waals surface area contributed by atoms with E-state index in [0.717, 1.165) is 77.0 Å². The second kappa shape index (κ2) is 71.1. The van der Waals surface area contributed by atoms with Gasteiger partial charge >= 0.3 is 17.9 Å². The zero-order chi connectivity index (χ0) is 59.2. The van der Waals surface area contributed by atoms with Crippen molar-refractivity contribution in [3.8, 4) is 0 Å². The van der Waals surface area contributed by atoms with Gasteiger partial charge in [-0.2, -0.15) is 0 Å². The van der Waals surface area contributed by atoms with Gasteiger partial charge in [0.05, 0.1) is 0 Å². The molecule has 0 heterocycles. The van der Waals surface area contributed by atoms with E-state index in [2.05, 4.69) is 57.2 Å². The third kappa shape index (κ3) is 68.4. The Balaban J connectivity index is 4.06. The number of hydrogen-bond acceptors (Lipinski definition) is 6. The zero-order valence-electron chi connectivity index (χ0n) is 55.5. The molecule has 1 unspecified atom stereocenters. The fraction of sp³-hybridized carbons (Fsp3) is 0.882. The third-order valence-electron chi connectivity index (χ3n) is 16.9. The van der Waals surface area contributed by atoms with E-state index in [1.165, 1.54) is 295 Å². The summed E-state index contributed by atoms with van der Waals surface area (Å²) in [5.74, 6) is -0.858. The minimum absolute atomic E-state index is 0.0722. The molecule has 0 spiro atoms. The molecule has 0 aromatic heterocycles. The average molecular weight is 1150 g/mol. The monoisotopic (exact) mass is 1150 g/mol. The molecule has 82 heavy (non-hydrogen) atoms. The van der Waals surface area contributed by atoms with Crippen LogP contribution >= 0.6 is 0 Å². The maximum atomic E-state index is 12.9. The summed E-state index contributed by atoms with van der Waals surface area (Å²) in [4.78, 5) is 38.3. The maximum Gasteiger partial charge on any atom is 0.306 e. The number of hydrogen-bond donors (Lipinski definition) is 0. The molecule has 0 aliphatic heterocycles. The Kier molecular flexibility index (Phi) is 69.1. The van der Waals surface area contributed by atoms with Gasteiger partial charge < -0.3 is 14.2 Å². The van der Waals surface area contributed by atoms with Crippen LogP contribution < -0.4 is 0 Å². The lowest BCUT2D eigenvalue weighted by atomic mass is 10.0. The second-order valence-corrected chi connectivity index (χ2v) is 25.2. The van der Waals surface area contributed by atoms with Gasteiger partial charge in [0.2, 0.25) is 0 Å². The predicted molar refractivity (Wildman–Crippen MR) is 358 cm³/mol. The molecule has 0 amide bonds. The highest BCUT2D eigenvalue weighted by Gasteiger charge is 2.19. The van der Waals surface area contributed by atoms with Crippen LogP contribution in [0.2, 0.25) is 0 Å². The molecule has 0 radical (unpaired) electrons. The van der Waals surface area contributed by atoms with Crippen molar-refractivity contribution >= 4 is 17.9 Å². The molecule has 0 N–H and O–H groups in total. The summed E-state index contributed by atoms with van der Waals surface area (Å²) in [6, 6.07) is 0. The van der Waals surface area contributed by atoms with Crippen molar-refractivity contribution in [3.63, 3.8) is 0 Å². The van der Waals surface area contributed by atoms with E-state index < -0.39 is 6.10 Å². The highest BCUT2D eigenvalue weighted by atomic mass is 16.6. The Morgan fingerprint density at radius 2 is 0.439 bits per heavy atom. The van der Waals surface area contributed by atoms with Crippen LogP contribution in [0.25, 0.3) is 0 Å². The first-order valence-electron chi connectivity index (χ1n) is 37.0. The normalized spacial score (nSPS) is 12.2. The van der Waals surface area contributed by atoms with Crippen LogP contribution in [0.5, 0.6) is 0 Å². The smallest absolute Gasteiger partial charge is 0.306 e. The summed E-state index contributed by atoms with van der Waals surface area (Å²) < 4.78 is 17.0. The Bertz CT molecular complexity index is 1370. The van der Waals surface area contributed by atoms with Crippen molar-refractivity contribution in [1.82, 2.24) is 0 Å². The molecule has 0 aliphatic rings. The van der Waals surface area contributed by atoms with Gasteiger partial charge in [-0.3, -0.25) is 14.4 Å². The Morgan fingerprint density at radius 1 is 0.244 bits per heavy atom. The van der Waals surface area contributed by atoms with Crippen molar-refractivity contribution < 1.29 is 28.6 Å². The van der Waals surface area contributed by atoms with Crippen LogP contribution in [0.4, 0.5) is 0 Å². The number of unbranched alkanes of at least 4 members (excludes halogenated alkanes) is 52. The molecule has 0 aromatic rings. The van der Waals surface area contributed by atoms with Gasteiger partial charge in [0.15, 0.2) is 6.10 Å². The molecule has 0 fully saturated rings. The first-order chi connectivity index (χ1) is 40.5. The van der Waals surface area contributed by atoms with E-state index in [4.69, 9.17) is 14.2 Å². The number of rotatable bonds is 69. The van der Waals surface area contributed by atoms with Crippen molar-refractivity contribution in [2.45, 2.75) is 419 Å². The van der Waals surface area contributed by atoms with Gasteiger partial charge in [-0.15, -0.1) is 0 Å². The molecule has 0 aliphatic carbocycles. The van der Waals surface area contributed by atoms with E-state index in [-0.39, 0.29) is 31.1 Å². The molecule has 6 heteroatoms. The Hall–Kier alpha value is -2.37. The molecule has 0 bridgehead atoms. The highest BCUT2D eigenvalue weighted by Crippen LogP contribution is 2.19. The van der Waals surface area contributed by atoms with Crippen molar-refractivity contribution in [1.29, 1.82) is 0 Å². The van der Waals surface area contributed by atoms with Gasteiger partial charge in [-0.1, -0.05) is 372 Å². The molecular weight excluding hydrogens is 1010 g/mol. The molecule has 0 saturated carbocycles. The molecule has 482 valence electrons. The molecular formula is C76H142O6. The van der Waals surface area contributed by atoms with Crippen LogP contribution in [-0.4, -0.2) is 37.2 Å². The Morgan fingerprint density at radius 3 is 0.707 bits per heavy atom. The quantitative estimate of drug-likeness (QED) is 0.0261. The van der Waals surface area contributed by atoms with Crippen molar-refractivity contribution in [2.75, 3.05) is 13.2 Å². The SMILES string of the molecule is CCCCC/C=C\C/C=C\C/C=C\CCCCCCCCC(=O)OC(COC(=O)CCCCCCCCCCCCC)COC(=O)CCCCCCCCCCCCCCCCCCCCCCCCCCCCCCCCCCCC. The van der Waals surface area contributed by atoms with Crippen LogP contribution in [0, 0.1) is 0 Å². The topological polar surface area (TPSA) is 78.9 Å². The van der Waals surface area contributed by atoms with Crippen LogP contribution in [0.3, 0.4) is 0 Å². The summed E-state index contributed by atoms with van der Waals surface area (Å²) in [5.41, 5.74) is 0. The Labute approximate surface area is 512 Å². The highest BCUT2D eigenvalue weighted by molar-refractivity contribution is 5.71. The van der Waals surface area contributed by atoms with E-state index in [0.29, 0.717) is 19.3 Å². The van der Waals surface area contributed by atoms with Crippen LogP contribution in [0.1, 0.15) is 412 Å². The summed E-state index contributed by atoms with van der Waals surface area (Å²) in [6.45, 7) is 6.67. The molecule has 0 aromatic carbocycles. The lowest BCUT2D eigenvalue weighted by Gasteiger charge is -2.18. The summed E-state index contributed by atoms with van der Waals surface area (Å²) in [5, 5.41) is 0. The lowest BCUT2D eigenvalue weighted by Crippen LogP contribution is -2.30. The number of carbonyl (C=O) groups excluding carboxylic acids is 3. The standard InChI is InChI=1S/C76H142O6/c1-4-7-10-13-16-19-22-24-26-28-30-31-32-33-34-35-36-37-38-39-40-41-42-43-44-46-47-49-51-54-57-60-63-66-69-75(78)81-72-73(71-80-74(77)68-65-62-59-56-53-21-18-15-12-9-6-3)82-76(79)70-67-64-61-58-55-52-50-48-45-29-27-25-23-20-17-14-11-8-5-2/h17,20,25,27,45,48,73H,4-16,18-19,21-24,26,28-44,46-47,49-72H2,1-3H3/b20-17-,27-25-,48-45-. The van der Waals surface area contributed by atoms with E-state index in [9.17, 15) is 14.4 Å². The van der Waals surface area contributed by atoms with E-state index in [1.807, 2.05) is 0 Å². The van der Waals surface area contributed by atoms with Gasteiger partial charge in [0, 0.05) is 19.3 Å². The van der Waals surface area contributed by atoms with Crippen LogP contribution in [-0.2, 0) is 28.6 Å². The molecule has 0 saturated heterocycles. The maximum absolute atomic E-state index is 12.9. The predicted octanol–water partition coefficient (Wildman–Crippen LogP) is 25.5. The largest absolute Gasteiger partial charge is 0.462 e. The van der Waals surface area contributed by atoms with Crippen LogP contribution in [0.15, 0.2) is 36.5 Å². The first-order valence-corrected chi connectivity index (χ1v) is 37.0. The molecule has 0 rings (SSSR count). The number of esters is 3. The molecule has 1 atom stereocenters. The second-order valence-electron chi connectivity index (χ2n) is 25.2. The van der Waals surface area contributed by atoms with Gasteiger partial charge in [0.1, 0.15) is 13.2 Å². The fourth-order valence-corrected chi connectivity index (χ4v) is 11.3. The fourth-order valence-electron chi connectivity index (χ4n) is 11.3.